The van der Waals surface area contributed by atoms with Gasteiger partial charge in [0.2, 0.25) is 6.71 Å². The molecule has 0 N–H and O–H groups in total. The molecule has 3 heteroatoms. The Bertz CT molecular complexity index is 2220. The Balaban J connectivity index is 1.32. The van der Waals surface area contributed by atoms with E-state index >= 15 is 0 Å². The lowest BCUT2D eigenvalue weighted by molar-refractivity contribution is 1.11. The molecule has 7 aromatic rings. The summed E-state index contributed by atoms with van der Waals surface area (Å²) >= 11 is 0. The predicted octanol–water partition coefficient (Wildman–Crippen LogP) is 8.63. The number of para-hydroxylation sites is 4. The average Bonchev–Trinajstić information content (AvgIpc) is 3.36. The molecule has 0 saturated carbocycles. The Kier molecular flexibility index (Phi) is 6.06. The first kappa shape index (κ1) is 26.6. The molecule has 0 unspecified atom stereocenters. The third-order valence-corrected chi connectivity index (χ3v) is 9.53. The summed E-state index contributed by atoms with van der Waals surface area (Å²) in [6.45, 7) is 11.3. The van der Waals surface area contributed by atoms with Gasteiger partial charge in [-0.1, -0.05) is 129 Å². The van der Waals surface area contributed by atoms with Gasteiger partial charge in [-0.05, 0) is 71.0 Å². The van der Waals surface area contributed by atoms with Crippen molar-refractivity contribution in [3.8, 4) is 5.69 Å². The van der Waals surface area contributed by atoms with Crippen LogP contribution in [0.1, 0.15) is 27.8 Å². The molecular weight excluding hydrogens is 531 g/mol. The van der Waals surface area contributed by atoms with Crippen LogP contribution in [0.25, 0.3) is 27.5 Å². The van der Waals surface area contributed by atoms with E-state index in [0.717, 1.165) is 0 Å². The molecule has 2 nitrogen and oxygen atoms in total. The van der Waals surface area contributed by atoms with Crippen molar-refractivity contribution in [3.05, 3.63) is 149 Å². The van der Waals surface area contributed by atoms with E-state index in [1.165, 1.54) is 88.8 Å². The quantitative estimate of drug-likeness (QED) is 0.194. The van der Waals surface area contributed by atoms with Gasteiger partial charge in [-0.15, -0.1) is 0 Å². The molecule has 1 aliphatic rings. The number of benzene rings is 6. The van der Waals surface area contributed by atoms with Crippen LogP contribution in [0.4, 0.5) is 17.1 Å². The number of nitrogens with zero attached hydrogens (tertiary/aromatic N) is 2. The molecule has 0 amide bonds. The van der Waals surface area contributed by atoms with E-state index in [0.29, 0.717) is 0 Å². The molecule has 0 fully saturated rings. The van der Waals surface area contributed by atoms with Crippen LogP contribution in [0.5, 0.6) is 0 Å². The van der Waals surface area contributed by atoms with Crippen LogP contribution in [0.3, 0.4) is 0 Å². The van der Waals surface area contributed by atoms with Crippen molar-refractivity contribution in [3.63, 3.8) is 0 Å². The molecule has 0 radical (unpaired) electrons. The molecule has 2 heterocycles. The van der Waals surface area contributed by atoms with Crippen molar-refractivity contribution >= 4 is 62.0 Å². The number of hydrogen-bond acceptors (Lipinski definition) is 1. The maximum atomic E-state index is 2.44. The second-order valence-corrected chi connectivity index (χ2v) is 12.5. The fraction of sp³-hybridized carbons (Fsp3) is 0.122. The fourth-order valence-electron chi connectivity index (χ4n) is 7.80. The van der Waals surface area contributed by atoms with Crippen molar-refractivity contribution in [2.24, 2.45) is 0 Å². The van der Waals surface area contributed by atoms with E-state index in [1.54, 1.807) is 0 Å². The Labute approximate surface area is 260 Å². The highest BCUT2D eigenvalue weighted by Crippen LogP contribution is 2.49. The van der Waals surface area contributed by atoms with Gasteiger partial charge in [0, 0.05) is 16.5 Å². The van der Waals surface area contributed by atoms with Gasteiger partial charge in [-0.3, -0.25) is 0 Å². The Morgan fingerprint density at radius 2 is 1.14 bits per heavy atom. The highest BCUT2D eigenvalue weighted by molar-refractivity contribution is 6.96. The Hall–Kier alpha value is -5.02. The van der Waals surface area contributed by atoms with E-state index in [2.05, 4.69) is 165 Å². The highest BCUT2D eigenvalue weighted by atomic mass is 15.2. The number of aryl methyl sites for hydroxylation is 5. The number of fused-ring (bicyclic) bond motifs is 5. The highest BCUT2D eigenvalue weighted by Gasteiger charge is 2.30. The van der Waals surface area contributed by atoms with Gasteiger partial charge in [0.1, 0.15) is 0 Å². The van der Waals surface area contributed by atoms with Crippen molar-refractivity contribution in [2.45, 2.75) is 34.6 Å². The van der Waals surface area contributed by atoms with E-state index in [4.69, 9.17) is 0 Å². The average molecular weight is 567 g/mol. The summed E-state index contributed by atoms with van der Waals surface area (Å²) in [7, 11) is 0. The minimum atomic E-state index is 0.157. The SMILES string of the molecule is Cc1ccc(B(c2ccc(N3c4ccccc4-n4c5ccccc5c5cccc3c54)cc2)c2c(C)cc(C)cc2C)c(C)c1. The summed E-state index contributed by atoms with van der Waals surface area (Å²) in [4.78, 5) is 2.44. The monoisotopic (exact) mass is 566 g/mol. The number of rotatable bonds is 4. The molecule has 44 heavy (non-hydrogen) atoms. The molecule has 0 aliphatic carbocycles. The lowest BCUT2D eigenvalue weighted by atomic mass is 9.35. The molecule has 8 rings (SSSR count). The van der Waals surface area contributed by atoms with E-state index in [1.807, 2.05) is 0 Å². The maximum absolute atomic E-state index is 2.44. The maximum Gasteiger partial charge on any atom is 0.242 e. The molecule has 1 aliphatic heterocycles. The molecule has 1 aromatic heterocycles. The first-order chi connectivity index (χ1) is 21.4. The molecule has 0 bridgehead atoms. The van der Waals surface area contributed by atoms with Gasteiger partial charge in [0.05, 0.1) is 28.1 Å². The summed E-state index contributed by atoms with van der Waals surface area (Å²) in [5, 5.41) is 2.57. The van der Waals surface area contributed by atoms with Crippen LogP contribution in [0.15, 0.2) is 121 Å². The van der Waals surface area contributed by atoms with Gasteiger partial charge < -0.3 is 9.47 Å². The molecular formula is C41H35BN2. The first-order valence-corrected chi connectivity index (χ1v) is 15.6. The van der Waals surface area contributed by atoms with Gasteiger partial charge >= 0.3 is 0 Å². The third kappa shape index (κ3) is 3.96. The molecule has 0 atom stereocenters. The lowest BCUT2D eigenvalue weighted by Crippen LogP contribution is -2.54. The van der Waals surface area contributed by atoms with Crippen molar-refractivity contribution in [1.29, 1.82) is 0 Å². The summed E-state index contributed by atoms with van der Waals surface area (Å²) in [6, 6.07) is 45.2. The standard InChI is InChI=1S/C41H35BN2/c1-26-17-22-35(28(3)23-26)42(40-29(4)24-27(2)25-30(40)5)31-18-20-32(21-19-31)43-37-14-8-9-15-38(37)44-36-13-7-6-11-33(36)34-12-10-16-39(43)41(34)44/h6-25H,1-5H3. The molecule has 0 saturated heterocycles. The number of anilines is 3. The first-order valence-electron chi connectivity index (χ1n) is 15.6. The second-order valence-electron chi connectivity index (χ2n) is 12.5. The van der Waals surface area contributed by atoms with E-state index in [9.17, 15) is 0 Å². The zero-order valence-corrected chi connectivity index (χ0v) is 26.0. The zero-order chi connectivity index (χ0) is 30.1. The van der Waals surface area contributed by atoms with Crippen LogP contribution in [-0.2, 0) is 0 Å². The summed E-state index contributed by atoms with van der Waals surface area (Å²) in [5.74, 6) is 0. The number of hydrogen-bond donors (Lipinski definition) is 0. The normalized spacial score (nSPS) is 12.2. The van der Waals surface area contributed by atoms with Gasteiger partial charge in [0.25, 0.3) is 0 Å². The minimum Gasteiger partial charge on any atom is -0.306 e. The van der Waals surface area contributed by atoms with E-state index in [-0.39, 0.29) is 6.71 Å². The smallest absolute Gasteiger partial charge is 0.242 e. The molecule has 0 spiro atoms. The topological polar surface area (TPSA) is 8.17 Å². The van der Waals surface area contributed by atoms with Crippen LogP contribution < -0.4 is 21.3 Å². The summed E-state index contributed by atoms with van der Waals surface area (Å²) < 4.78 is 2.44. The summed E-state index contributed by atoms with van der Waals surface area (Å²) in [6.07, 6.45) is 0. The van der Waals surface area contributed by atoms with Crippen molar-refractivity contribution < 1.29 is 0 Å². The van der Waals surface area contributed by atoms with E-state index < -0.39 is 0 Å². The lowest BCUT2D eigenvalue weighted by Gasteiger charge is -2.33. The zero-order valence-electron chi connectivity index (χ0n) is 26.0. The van der Waals surface area contributed by atoms with Crippen LogP contribution in [0, 0.1) is 34.6 Å². The third-order valence-electron chi connectivity index (χ3n) is 9.53. The van der Waals surface area contributed by atoms with Crippen LogP contribution >= 0.6 is 0 Å². The van der Waals surface area contributed by atoms with Crippen LogP contribution in [-0.4, -0.2) is 11.3 Å². The summed E-state index contributed by atoms with van der Waals surface area (Å²) in [5.41, 5.74) is 18.0. The predicted molar refractivity (Wildman–Crippen MR) is 190 cm³/mol. The van der Waals surface area contributed by atoms with Gasteiger partial charge in [-0.2, -0.15) is 0 Å². The minimum absolute atomic E-state index is 0.157. The Morgan fingerprint density at radius 1 is 0.500 bits per heavy atom. The van der Waals surface area contributed by atoms with Crippen molar-refractivity contribution in [2.75, 3.05) is 4.90 Å². The Morgan fingerprint density at radius 3 is 1.89 bits per heavy atom. The van der Waals surface area contributed by atoms with Crippen molar-refractivity contribution in [1.82, 2.24) is 4.57 Å². The van der Waals surface area contributed by atoms with Gasteiger partial charge in [0.15, 0.2) is 0 Å². The molecule has 212 valence electrons. The fourth-order valence-corrected chi connectivity index (χ4v) is 7.80. The van der Waals surface area contributed by atoms with Crippen LogP contribution in [0.2, 0.25) is 0 Å². The number of aromatic nitrogens is 1. The van der Waals surface area contributed by atoms with Gasteiger partial charge in [-0.25, -0.2) is 0 Å². The largest absolute Gasteiger partial charge is 0.306 e. The molecule has 6 aromatic carbocycles. The second kappa shape index (κ2) is 10.0.